The number of hydrogen-bond acceptors (Lipinski definition) is 4. The van der Waals surface area contributed by atoms with Gasteiger partial charge >= 0.3 is 35.0 Å². The Morgan fingerprint density at radius 2 is 1.22 bits per heavy atom. The molecule has 0 bridgehead atoms. The lowest BCUT2D eigenvalue weighted by molar-refractivity contribution is 0.242. The zero-order valence-corrected chi connectivity index (χ0v) is 17.1. The molecule has 0 radical (unpaired) electrons. The molecule has 1 atom stereocenters. The maximum Gasteiger partial charge on any atom is 0.314 e. The van der Waals surface area contributed by atoms with Gasteiger partial charge in [0.1, 0.15) is 0 Å². The third-order valence-electron chi connectivity index (χ3n) is 2.89. The van der Waals surface area contributed by atoms with Crippen LogP contribution < -0.4 is 0 Å². The van der Waals surface area contributed by atoms with Crippen molar-refractivity contribution in [3.05, 3.63) is 0 Å². The molecule has 1 saturated heterocycles. The van der Waals surface area contributed by atoms with Gasteiger partial charge in [0.2, 0.25) is 0 Å². The summed E-state index contributed by atoms with van der Waals surface area (Å²) < 4.78 is 25.1. The van der Waals surface area contributed by atoms with Crippen molar-refractivity contribution < 1.29 is 16.5 Å². The summed E-state index contributed by atoms with van der Waals surface area (Å²) in [6.45, 7) is 17.0. The molecule has 0 saturated carbocycles. The predicted octanol–water partition coefficient (Wildman–Crippen LogP) is 3.19. The van der Waals surface area contributed by atoms with Crippen molar-refractivity contribution in [3.8, 4) is 0 Å². The lowest BCUT2D eigenvalue weighted by Gasteiger charge is -2.44. The van der Waals surface area contributed by atoms with Crippen LogP contribution in [0.25, 0.3) is 0 Å². The molecular weight excluding hydrogens is 296 g/mol. The van der Waals surface area contributed by atoms with Gasteiger partial charge < -0.3 is 16.5 Å². The topological polar surface area (TPSA) is 36.9 Å². The standard InChI is InChI=1S/C10H28O4Si4/c1-9-10(2)15-11-16(3,4)13-18(7,8)14-17(5,6)12-15/h10,15H,9H2,1-8H3. The van der Waals surface area contributed by atoms with Gasteiger partial charge in [0, 0.05) is 0 Å². The molecule has 1 aliphatic heterocycles. The van der Waals surface area contributed by atoms with E-state index < -0.39 is 35.0 Å². The van der Waals surface area contributed by atoms with E-state index in [4.69, 9.17) is 16.5 Å². The minimum absolute atomic E-state index is 0.499. The molecular formula is C10H28O4Si4. The van der Waals surface area contributed by atoms with Crippen LogP contribution in [0.1, 0.15) is 20.3 Å². The molecule has 8 heteroatoms. The second-order valence-electron chi connectivity index (χ2n) is 6.39. The maximum absolute atomic E-state index is 6.33. The van der Waals surface area contributed by atoms with E-state index in [1.807, 2.05) is 0 Å². The summed E-state index contributed by atoms with van der Waals surface area (Å²) in [4.78, 5) is 0. The molecule has 108 valence electrons. The van der Waals surface area contributed by atoms with Gasteiger partial charge in [-0.05, 0) is 44.8 Å². The van der Waals surface area contributed by atoms with E-state index in [2.05, 4.69) is 53.1 Å². The van der Waals surface area contributed by atoms with Crippen molar-refractivity contribution in [2.24, 2.45) is 0 Å². The van der Waals surface area contributed by atoms with Crippen LogP contribution >= 0.6 is 0 Å². The fourth-order valence-electron chi connectivity index (χ4n) is 2.26. The molecule has 0 aliphatic carbocycles. The van der Waals surface area contributed by atoms with Gasteiger partial charge in [-0.3, -0.25) is 0 Å². The molecule has 0 aromatic rings. The summed E-state index contributed by atoms with van der Waals surface area (Å²) in [7, 11) is -8.06. The van der Waals surface area contributed by atoms with Crippen LogP contribution in [0.2, 0.25) is 44.8 Å². The largest absolute Gasteiger partial charge is 0.418 e. The molecule has 1 unspecified atom stereocenters. The van der Waals surface area contributed by atoms with Crippen LogP contribution in [-0.4, -0.2) is 35.0 Å². The first-order valence-corrected chi connectivity index (χ1v) is 16.8. The molecule has 1 fully saturated rings. The Kier molecular flexibility index (Phi) is 5.22. The molecule has 1 heterocycles. The Labute approximate surface area is 117 Å². The van der Waals surface area contributed by atoms with Gasteiger partial charge in [0.05, 0.1) is 0 Å². The molecule has 0 amide bonds. The van der Waals surface area contributed by atoms with Gasteiger partial charge in [-0.1, -0.05) is 20.3 Å². The highest BCUT2D eigenvalue weighted by atomic mass is 28.5. The fraction of sp³-hybridized carbons (Fsp3) is 1.00. The highest BCUT2D eigenvalue weighted by Crippen LogP contribution is 2.30. The van der Waals surface area contributed by atoms with E-state index in [1.165, 1.54) is 0 Å². The average Bonchev–Trinajstić information content (AvgIpc) is 2.08. The first kappa shape index (κ1) is 16.8. The Morgan fingerprint density at radius 3 is 1.56 bits per heavy atom. The normalized spacial score (nSPS) is 29.3. The Hall–Kier alpha value is 0.708. The van der Waals surface area contributed by atoms with Crippen LogP contribution in [0.4, 0.5) is 0 Å². The van der Waals surface area contributed by atoms with Crippen molar-refractivity contribution in [2.45, 2.75) is 65.1 Å². The van der Waals surface area contributed by atoms with E-state index in [0.29, 0.717) is 5.54 Å². The number of hydrogen-bond donors (Lipinski definition) is 0. The molecule has 0 spiro atoms. The smallest absolute Gasteiger partial charge is 0.314 e. The second kappa shape index (κ2) is 5.60. The Balaban J connectivity index is 2.94. The van der Waals surface area contributed by atoms with Crippen LogP contribution in [0.3, 0.4) is 0 Å². The summed E-state index contributed by atoms with van der Waals surface area (Å²) >= 11 is 0. The van der Waals surface area contributed by atoms with E-state index in [-0.39, 0.29) is 0 Å². The summed E-state index contributed by atoms with van der Waals surface area (Å²) in [6.07, 6.45) is 1.09. The quantitative estimate of drug-likeness (QED) is 0.731. The maximum atomic E-state index is 6.33. The Morgan fingerprint density at radius 1 is 0.833 bits per heavy atom. The van der Waals surface area contributed by atoms with E-state index >= 15 is 0 Å². The fourth-order valence-corrected chi connectivity index (χ4v) is 20.9. The zero-order chi connectivity index (χ0) is 14.2. The first-order valence-electron chi connectivity index (χ1n) is 6.72. The minimum atomic E-state index is -2.12. The van der Waals surface area contributed by atoms with Gasteiger partial charge in [-0.15, -0.1) is 0 Å². The van der Waals surface area contributed by atoms with Crippen LogP contribution in [0.5, 0.6) is 0 Å². The average molecular weight is 325 g/mol. The van der Waals surface area contributed by atoms with Gasteiger partial charge in [0.25, 0.3) is 0 Å². The highest BCUT2D eigenvalue weighted by molar-refractivity contribution is 6.89. The summed E-state index contributed by atoms with van der Waals surface area (Å²) in [6, 6.07) is 0. The van der Waals surface area contributed by atoms with E-state index in [1.54, 1.807) is 0 Å². The summed E-state index contributed by atoms with van der Waals surface area (Å²) in [5.41, 5.74) is 0.499. The zero-order valence-electron chi connectivity index (χ0n) is 13.0. The third kappa shape index (κ3) is 5.00. The van der Waals surface area contributed by atoms with Gasteiger partial charge in [-0.25, -0.2) is 0 Å². The van der Waals surface area contributed by atoms with Gasteiger partial charge in [0.15, 0.2) is 0 Å². The highest BCUT2D eigenvalue weighted by Gasteiger charge is 2.48. The molecule has 1 rings (SSSR count). The molecule has 1 aliphatic rings. The third-order valence-corrected chi connectivity index (χ3v) is 18.6. The summed E-state index contributed by atoms with van der Waals surface area (Å²) in [5.74, 6) is 0. The van der Waals surface area contributed by atoms with E-state index in [9.17, 15) is 0 Å². The van der Waals surface area contributed by atoms with Crippen LogP contribution in [-0.2, 0) is 16.5 Å². The first-order chi connectivity index (χ1) is 7.96. The molecule has 4 nitrogen and oxygen atoms in total. The van der Waals surface area contributed by atoms with Crippen LogP contribution in [0.15, 0.2) is 0 Å². The monoisotopic (exact) mass is 324 g/mol. The SMILES string of the molecule is CCC(C)[SiH]1O[Si](C)(C)O[Si](C)(C)O[Si](C)(C)O1. The van der Waals surface area contributed by atoms with Crippen molar-refractivity contribution in [1.29, 1.82) is 0 Å². The van der Waals surface area contributed by atoms with Crippen molar-refractivity contribution in [2.75, 3.05) is 0 Å². The lowest BCUT2D eigenvalue weighted by atomic mass is 10.4. The van der Waals surface area contributed by atoms with Crippen molar-refractivity contribution in [3.63, 3.8) is 0 Å². The molecule has 0 aromatic carbocycles. The number of rotatable bonds is 2. The molecule has 18 heavy (non-hydrogen) atoms. The summed E-state index contributed by atoms with van der Waals surface area (Å²) in [5, 5.41) is 0. The second-order valence-corrected chi connectivity index (χ2v) is 20.2. The predicted molar refractivity (Wildman–Crippen MR) is 83.7 cm³/mol. The van der Waals surface area contributed by atoms with Gasteiger partial charge in [-0.2, -0.15) is 0 Å². The molecule has 0 N–H and O–H groups in total. The van der Waals surface area contributed by atoms with Crippen LogP contribution in [0, 0.1) is 0 Å². The Bertz CT molecular complexity index is 274. The van der Waals surface area contributed by atoms with Crippen molar-refractivity contribution >= 4 is 35.0 Å². The molecule has 0 aromatic heterocycles. The minimum Gasteiger partial charge on any atom is -0.418 e. The van der Waals surface area contributed by atoms with E-state index in [0.717, 1.165) is 6.42 Å². The lowest BCUT2D eigenvalue weighted by Crippen LogP contribution is -2.61. The van der Waals surface area contributed by atoms with Crippen molar-refractivity contribution in [1.82, 2.24) is 0 Å².